The number of carbonyl (C=O) groups excluding carboxylic acids is 1. The summed E-state index contributed by atoms with van der Waals surface area (Å²) in [5.74, 6) is -2.04. The van der Waals surface area contributed by atoms with E-state index >= 15 is 0 Å². The number of halogens is 2. The van der Waals surface area contributed by atoms with Crippen LogP contribution in [0.5, 0.6) is 0 Å². The smallest absolute Gasteiger partial charge is 0.420 e. The third kappa shape index (κ3) is 4.60. The maximum atomic E-state index is 13.1. The average Bonchev–Trinajstić information content (AvgIpc) is 2.97. The largest absolute Gasteiger partial charge is 0.464 e. The highest BCUT2D eigenvalue weighted by Gasteiger charge is 2.20. The van der Waals surface area contributed by atoms with Gasteiger partial charge in [0.25, 0.3) is 10.0 Å². The fourth-order valence-electron chi connectivity index (χ4n) is 2.53. The minimum absolute atomic E-state index is 0.00847. The van der Waals surface area contributed by atoms with Crippen molar-refractivity contribution in [3.05, 3.63) is 57.8 Å². The zero-order chi connectivity index (χ0) is 21.2. The minimum atomic E-state index is -4.10. The molecule has 0 spiro atoms. The van der Waals surface area contributed by atoms with Crippen LogP contribution in [0.4, 0.5) is 10.1 Å². The predicted molar refractivity (Wildman–Crippen MR) is 104 cm³/mol. The van der Waals surface area contributed by atoms with E-state index in [1.807, 2.05) is 6.92 Å². The zero-order valence-corrected chi connectivity index (χ0v) is 16.7. The van der Waals surface area contributed by atoms with Crippen molar-refractivity contribution in [3.8, 4) is 0 Å². The normalized spacial score (nSPS) is 11.6. The lowest BCUT2D eigenvalue weighted by Crippen LogP contribution is -2.21. The number of fused-ring (bicyclic) bond motifs is 1. The van der Waals surface area contributed by atoms with Crippen LogP contribution in [-0.2, 0) is 26.1 Å². The van der Waals surface area contributed by atoms with Crippen LogP contribution in [0.15, 0.2) is 50.5 Å². The van der Waals surface area contributed by atoms with Crippen molar-refractivity contribution in [1.29, 1.82) is 0 Å². The van der Waals surface area contributed by atoms with Gasteiger partial charge >= 0.3 is 11.7 Å². The topological polar surface area (TPSA) is 108 Å². The van der Waals surface area contributed by atoms with Crippen molar-refractivity contribution in [2.45, 2.75) is 24.8 Å². The Hall–Kier alpha value is -2.85. The third-order valence-corrected chi connectivity index (χ3v) is 5.56. The first kappa shape index (κ1) is 20.9. The maximum absolute atomic E-state index is 13.1. The number of hydrogen-bond acceptors (Lipinski definition) is 6. The fraction of sp³-hybridized carbons (Fsp3) is 0.222. The van der Waals surface area contributed by atoms with E-state index < -0.39 is 27.6 Å². The van der Waals surface area contributed by atoms with Crippen LogP contribution in [0.2, 0.25) is 5.02 Å². The molecule has 3 rings (SSSR count). The molecule has 0 unspecified atom stereocenters. The maximum Gasteiger partial charge on any atom is 0.420 e. The Kier molecular flexibility index (Phi) is 5.94. The van der Waals surface area contributed by atoms with E-state index in [-0.39, 0.29) is 39.9 Å². The van der Waals surface area contributed by atoms with Gasteiger partial charge in [-0.3, -0.25) is 14.1 Å². The molecule has 154 valence electrons. The summed E-state index contributed by atoms with van der Waals surface area (Å²) in [6.07, 6.45) is 0.638. The molecule has 3 aromatic rings. The number of benzene rings is 2. The fourth-order valence-corrected chi connectivity index (χ4v) is 3.90. The van der Waals surface area contributed by atoms with Gasteiger partial charge in [-0.15, -0.1) is 0 Å². The standard InChI is InChI=1S/C18H16ClFN2O6S/c1-2-7-27-17(23)10-22-15-6-4-12(9-16(15)28-18(22)24)29(25,26)21-14-5-3-11(20)8-13(14)19/h3-6,8-9,21H,2,7,10H2,1H3. The molecule has 29 heavy (non-hydrogen) atoms. The van der Waals surface area contributed by atoms with Gasteiger partial charge in [0.15, 0.2) is 5.58 Å². The number of aromatic nitrogens is 1. The molecular weight excluding hydrogens is 427 g/mol. The molecule has 0 aliphatic heterocycles. The lowest BCUT2D eigenvalue weighted by atomic mass is 10.3. The van der Waals surface area contributed by atoms with Crippen molar-refractivity contribution in [3.63, 3.8) is 0 Å². The number of carbonyl (C=O) groups is 1. The highest BCUT2D eigenvalue weighted by molar-refractivity contribution is 7.92. The van der Waals surface area contributed by atoms with E-state index in [1.54, 1.807) is 0 Å². The van der Waals surface area contributed by atoms with Crippen molar-refractivity contribution in [1.82, 2.24) is 4.57 Å². The number of hydrogen-bond donors (Lipinski definition) is 1. The summed E-state index contributed by atoms with van der Waals surface area (Å²) in [4.78, 5) is 23.6. The molecule has 8 nitrogen and oxygen atoms in total. The zero-order valence-electron chi connectivity index (χ0n) is 15.1. The Balaban J connectivity index is 1.91. The van der Waals surface area contributed by atoms with E-state index in [0.29, 0.717) is 6.42 Å². The van der Waals surface area contributed by atoms with Gasteiger partial charge in [0.05, 0.1) is 27.7 Å². The van der Waals surface area contributed by atoms with Gasteiger partial charge in [-0.25, -0.2) is 17.6 Å². The van der Waals surface area contributed by atoms with Gasteiger partial charge in [-0.2, -0.15) is 0 Å². The van der Waals surface area contributed by atoms with E-state index in [1.165, 1.54) is 18.2 Å². The molecule has 0 bridgehead atoms. The van der Waals surface area contributed by atoms with Gasteiger partial charge in [-0.05, 0) is 36.8 Å². The average molecular weight is 443 g/mol. The summed E-state index contributed by atoms with van der Waals surface area (Å²) in [5, 5.41) is -0.113. The van der Waals surface area contributed by atoms with Crippen molar-refractivity contribution < 1.29 is 26.8 Å². The molecule has 1 heterocycles. The van der Waals surface area contributed by atoms with Crippen LogP contribution >= 0.6 is 11.6 Å². The Labute approximate surface area is 169 Å². The quantitative estimate of drug-likeness (QED) is 0.563. The number of nitrogens with zero attached hydrogens (tertiary/aromatic N) is 1. The number of anilines is 1. The molecule has 0 saturated carbocycles. The molecule has 1 aromatic heterocycles. The van der Waals surface area contributed by atoms with Crippen LogP contribution in [-0.4, -0.2) is 25.6 Å². The molecule has 1 N–H and O–H groups in total. The lowest BCUT2D eigenvalue weighted by Gasteiger charge is -2.10. The minimum Gasteiger partial charge on any atom is -0.464 e. The highest BCUT2D eigenvalue weighted by atomic mass is 35.5. The van der Waals surface area contributed by atoms with Crippen LogP contribution < -0.4 is 10.5 Å². The number of oxazole rings is 1. The molecule has 0 aliphatic carbocycles. The first-order valence-electron chi connectivity index (χ1n) is 8.48. The van der Waals surface area contributed by atoms with Crippen LogP contribution in [0.1, 0.15) is 13.3 Å². The molecule has 0 saturated heterocycles. The van der Waals surface area contributed by atoms with Crippen LogP contribution in [0.25, 0.3) is 11.1 Å². The summed E-state index contributed by atoms with van der Waals surface area (Å²) >= 11 is 5.85. The lowest BCUT2D eigenvalue weighted by molar-refractivity contribution is -0.144. The molecular formula is C18H16ClFN2O6S. The van der Waals surface area contributed by atoms with Crippen LogP contribution in [0, 0.1) is 5.82 Å². The van der Waals surface area contributed by atoms with E-state index in [2.05, 4.69) is 4.72 Å². The van der Waals surface area contributed by atoms with Crippen molar-refractivity contribution in [2.75, 3.05) is 11.3 Å². The number of sulfonamides is 1. The second kappa shape index (κ2) is 8.26. The van der Waals surface area contributed by atoms with E-state index in [0.717, 1.165) is 22.8 Å². The number of rotatable bonds is 7. The molecule has 0 fully saturated rings. The summed E-state index contributed by atoms with van der Waals surface area (Å²) in [5.41, 5.74) is 0.208. The van der Waals surface area contributed by atoms with Crippen molar-refractivity contribution in [2.24, 2.45) is 0 Å². The SMILES string of the molecule is CCCOC(=O)Cn1c(=O)oc2cc(S(=O)(=O)Nc3ccc(F)cc3Cl)ccc21. The molecule has 0 aliphatic rings. The highest BCUT2D eigenvalue weighted by Crippen LogP contribution is 2.26. The van der Waals surface area contributed by atoms with Crippen LogP contribution in [0.3, 0.4) is 0 Å². The summed E-state index contributed by atoms with van der Waals surface area (Å²) in [7, 11) is -4.10. The Morgan fingerprint density at radius 2 is 2.03 bits per heavy atom. The second-order valence-electron chi connectivity index (χ2n) is 6.03. The Bertz CT molecular complexity index is 1230. The predicted octanol–water partition coefficient (Wildman–Crippen LogP) is 3.14. The van der Waals surface area contributed by atoms with Crippen molar-refractivity contribution >= 4 is 44.4 Å². The molecule has 0 radical (unpaired) electrons. The first-order chi connectivity index (χ1) is 13.7. The summed E-state index contributed by atoms with van der Waals surface area (Å²) < 4.78 is 51.7. The molecule has 0 amide bonds. The van der Waals surface area contributed by atoms with Gasteiger partial charge < -0.3 is 9.15 Å². The first-order valence-corrected chi connectivity index (χ1v) is 10.3. The monoisotopic (exact) mass is 442 g/mol. The summed E-state index contributed by atoms with van der Waals surface area (Å²) in [6.45, 7) is 1.70. The number of esters is 1. The summed E-state index contributed by atoms with van der Waals surface area (Å²) in [6, 6.07) is 6.94. The number of nitrogens with one attached hydrogen (secondary N) is 1. The Morgan fingerprint density at radius 1 is 1.28 bits per heavy atom. The molecule has 11 heteroatoms. The Morgan fingerprint density at radius 3 is 2.72 bits per heavy atom. The van der Waals surface area contributed by atoms with Gasteiger partial charge in [0.1, 0.15) is 12.4 Å². The second-order valence-corrected chi connectivity index (χ2v) is 8.12. The third-order valence-electron chi connectivity index (χ3n) is 3.88. The molecule has 0 atom stereocenters. The molecule has 2 aromatic carbocycles. The van der Waals surface area contributed by atoms with E-state index in [4.69, 9.17) is 20.8 Å². The van der Waals surface area contributed by atoms with Gasteiger partial charge in [-0.1, -0.05) is 18.5 Å². The van der Waals surface area contributed by atoms with Gasteiger partial charge in [0, 0.05) is 6.07 Å². The van der Waals surface area contributed by atoms with Gasteiger partial charge in [0.2, 0.25) is 0 Å². The number of ether oxygens (including phenoxy) is 1. The van der Waals surface area contributed by atoms with E-state index in [9.17, 15) is 22.4 Å².